The van der Waals surface area contributed by atoms with Crippen LogP contribution in [0.3, 0.4) is 0 Å². The molecule has 0 radical (unpaired) electrons. The normalized spacial score (nSPS) is 10.5. The Kier molecular flexibility index (Phi) is 5.03. The maximum absolute atomic E-state index is 12.3. The van der Waals surface area contributed by atoms with E-state index in [4.69, 9.17) is 0 Å². The highest BCUT2D eigenvalue weighted by Crippen LogP contribution is 2.27. The summed E-state index contributed by atoms with van der Waals surface area (Å²) in [5.41, 5.74) is 3.76. The monoisotopic (exact) mass is 319 g/mol. The van der Waals surface area contributed by atoms with E-state index in [0.717, 1.165) is 28.4 Å². The number of pyridine rings is 1. The van der Waals surface area contributed by atoms with Crippen LogP contribution in [0, 0.1) is 20.8 Å². The quantitative estimate of drug-likeness (QED) is 0.793. The molecule has 3 N–H and O–H groups in total. The van der Waals surface area contributed by atoms with Crippen LogP contribution in [0.25, 0.3) is 0 Å². The Hall–Kier alpha value is -2.08. The Morgan fingerprint density at radius 1 is 1.32 bits per heavy atom. The second-order valence-electron chi connectivity index (χ2n) is 5.26. The van der Waals surface area contributed by atoms with Gasteiger partial charge in [-0.25, -0.2) is 0 Å². The molecule has 1 amide bonds. The summed E-state index contributed by atoms with van der Waals surface area (Å²) in [5, 5.41) is 8.92. The summed E-state index contributed by atoms with van der Waals surface area (Å²) >= 11 is 1.52. The van der Waals surface area contributed by atoms with E-state index in [1.807, 2.05) is 39.1 Å². The molecule has 0 aliphatic rings. The summed E-state index contributed by atoms with van der Waals surface area (Å²) in [6.45, 7) is 8.71. The van der Waals surface area contributed by atoms with Crippen LogP contribution in [0.4, 0.5) is 5.00 Å². The van der Waals surface area contributed by atoms with E-state index >= 15 is 0 Å². The largest absolute Gasteiger partial charge is 0.377 e. The SMILES string of the molecule is CCNc1scc(C(=O)NCc2c(C)cc(C)[nH]c2=O)c1C. The molecule has 22 heavy (non-hydrogen) atoms. The van der Waals surface area contributed by atoms with Crippen LogP contribution in [0.5, 0.6) is 0 Å². The minimum absolute atomic E-state index is 0.145. The van der Waals surface area contributed by atoms with Gasteiger partial charge in [0, 0.05) is 29.7 Å². The first-order chi connectivity index (χ1) is 10.4. The number of aromatic amines is 1. The Morgan fingerprint density at radius 2 is 2.05 bits per heavy atom. The number of thiophene rings is 1. The molecule has 6 heteroatoms. The number of H-pyrrole nitrogens is 1. The van der Waals surface area contributed by atoms with E-state index in [9.17, 15) is 9.59 Å². The van der Waals surface area contributed by atoms with Crippen LogP contribution in [-0.2, 0) is 6.54 Å². The van der Waals surface area contributed by atoms with Crippen molar-refractivity contribution in [3.05, 3.63) is 49.7 Å². The number of hydrogen-bond acceptors (Lipinski definition) is 4. The molecular formula is C16H21N3O2S. The molecule has 0 atom stereocenters. The topological polar surface area (TPSA) is 74.0 Å². The smallest absolute Gasteiger partial charge is 0.253 e. The number of anilines is 1. The van der Waals surface area contributed by atoms with Crippen LogP contribution < -0.4 is 16.2 Å². The molecule has 2 rings (SSSR count). The van der Waals surface area contributed by atoms with Crippen LogP contribution in [0.1, 0.15) is 39.7 Å². The van der Waals surface area contributed by atoms with Crippen molar-refractivity contribution in [1.82, 2.24) is 10.3 Å². The molecule has 0 aliphatic heterocycles. The van der Waals surface area contributed by atoms with Crippen molar-refractivity contribution in [2.45, 2.75) is 34.2 Å². The van der Waals surface area contributed by atoms with Gasteiger partial charge in [-0.1, -0.05) is 0 Å². The van der Waals surface area contributed by atoms with Gasteiger partial charge in [0.05, 0.1) is 10.6 Å². The second kappa shape index (κ2) is 6.79. The molecule has 0 aromatic carbocycles. The fourth-order valence-electron chi connectivity index (χ4n) is 2.34. The molecule has 0 unspecified atom stereocenters. The molecule has 2 aromatic rings. The average Bonchev–Trinajstić information content (AvgIpc) is 2.79. The number of carbonyl (C=O) groups excluding carboxylic acids is 1. The first-order valence-corrected chi connectivity index (χ1v) is 8.11. The van der Waals surface area contributed by atoms with E-state index in [0.29, 0.717) is 11.1 Å². The number of nitrogens with one attached hydrogen (secondary N) is 3. The zero-order valence-electron chi connectivity index (χ0n) is 13.3. The Morgan fingerprint density at radius 3 is 2.68 bits per heavy atom. The van der Waals surface area contributed by atoms with Gasteiger partial charge in [0.25, 0.3) is 11.5 Å². The first kappa shape index (κ1) is 16.3. The molecule has 0 fully saturated rings. The number of aromatic nitrogens is 1. The summed E-state index contributed by atoms with van der Waals surface area (Å²) in [5.74, 6) is -0.155. The molecule has 0 spiro atoms. The zero-order valence-corrected chi connectivity index (χ0v) is 14.1. The second-order valence-corrected chi connectivity index (χ2v) is 6.14. The van der Waals surface area contributed by atoms with Crippen LogP contribution in [-0.4, -0.2) is 17.4 Å². The third-order valence-corrected chi connectivity index (χ3v) is 4.58. The van der Waals surface area contributed by atoms with E-state index in [-0.39, 0.29) is 18.0 Å². The number of hydrogen-bond donors (Lipinski definition) is 3. The van der Waals surface area contributed by atoms with Crippen LogP contribution in [0.2, 0.25) is 0 Å². The lowest BCUT2D eigenvalue weighted by molar-refractivity contribution is 0.0950. The predicted molar refractivity (Wildman–Crippen MR) is 90.9 cm³/mol. The van der Waals surface area contributed by atoms with Crippen molar-refractivity contribution >= 4 is 22.2 Å². The molecule has 2 heterocycles. The molecule has 0 saturated carbocycles. The average molecular weight is 319 g/mol. The van der Waals surface area contributed by atoms with Gasteiger partial charge in [-0.15, -0.1) is 11.3 Å². The van der Waals surface area contributed by atoms with E-state index in [2.05, 4.69) is 15.6 Å². The Balaban J connectivity index is 2.12. The van der Waals surface area contributed by atoms with Crippen molar-refractivity contribution in [3.8, 4) is 0 Å². The molecular weight excluding hydrogens is 298 g/mol. The molecule has 2 aromatic heterocycles. The predicted octanol–water partition coefficient (Wildman–Crippen LogP) is 2.72. The minimum Gasteiger partial charge on any atom is -0.377 e. The lowest BCUT2D eigenvalue weighted by Gasteiger charge is -2.08. The first-order valence-electron chi connectivity index (χ1n) is 7.23. The molecule has 0 saturated heterocycles. The lowest BCUT2D eigenvalue weighted by Crippen LogP contribution is -2.28. The molecule has 118 valence electrons. The maximum Gasteiger partial charge on any atom is 0.253 e. The standard InChI is InChI=1S/C16H21N3O2S/c1-5-17-16-11(4)13(8-22-16)14(20)18-7-12-9(2)6-10(3)19-15(12)21/h6,8,17H,5,7H2,1-4H3,(H,18,20)(H,19,21). The third-order valence-electron chi connectivity index (χ3n) is 3.54. The summed E-state index contributed by atoms with van der Waals surface area (Å²) in [6.07, 6.45) is 0. The summed E-state index contributed by atoms with van der Waals surface area (Å²) in [4.78, 5) is 27.0. The van der Waals surface area contributed by atoms with Crippen molar-refractivity contribution in [2.24, 2.45) is 0 Å². The number of aryl methyl sites for hydroxylation is 2. The van der Waals surface area contributed by atoms with Gasteiger partial charge in [0.15, 0.2) is 0 Å². The fraction of sp³-hybridized carbons (Fsp3) is 0.375. The highest BCUT2D eigenvalue weighted by Gasteiger charge is 2.15. The van der Waals surface area contributed by atoms with E-state index in [1.54, 1.807) is 0 Å². The highest BCUT2D eigenvalue weighted by atomic mass is 32.1. The van der Waals surface area contributed by atoms with Gasteiger partial charge in [-0.3, -0.25) is 9.59 Å². The summed E-state index contributed by atoms with van der Waals surface area (Å²) < 4.78 is 0. The van der Waals surface area contributed by atoms with Crippen LogP contribution in [0.15, 0.2) is 16.2 Å². The molecule has 0 aliphatic carbocycles. The molecule has 5 nitrogen and oxygen atoms in total. The minimum atomic E-state index is -0.155. The number of carbonyl (C=O) groups is 1. The van der Waals surface area contributed by atoms with Gasteiger partial charge >= 0.3 is 0 Å². The summed E-state index contributed by atoms with van der Waals surface area (Å²) in [6, 6.07) is 1.90. The third kappa shape index (κ3) is 3.39. The van der Waals surface area contributed by atoms with Crippen molar-refractivity contribution in [1.29, 1.82) is 0 Å². The lowest BCUT2D eigenvalue weighted by atomic mass is 10.1. The van der Waals surface area contributed by atoms with Gasteiger partial charge in [-0.05, 0) is 44.9 Å². The Labute approximate surface area is 133 Å². The zero-order chi connectivity index (χ0) is 16.3. The van der Waals surface area contributed by atoms with Gasteiger partial charge in [0.1, 0.15) is 0 Å². The maximum atomic E-state index is 12.3. The highest BCUT2D eigenvalue weighted by molar-refractivity contribution is 7.14. The molecule has 0 bridgehead atoms. The van der Waals surface area contributed by atoms with E-state index < -0.39 is 0 Å². The number of amides is 1. The van der Waals surface area contributed by atoms with Crippen molar-refractivity contribution in [3.63, 3.8) is 0 Å². The van der Waals surface area contributed by atoms with Gasteiger partial charge in [-0.2, -0.15) is 0 Å². The summed E-state index contributed by atoms with van der Waals surface area (Å²) in [7, 11) is 0. The fourth-order valence-corrected chi connectivity index (χ4v) is 3.37. The van der Waals surface area contributed by atoms with E-state index in [1.165, 1.54) is 11.3 Å². The van der Waals surface area contributed by atoms with Crippen molar-refractivity contribution < 1.29 is 4.79 Å². The number of rotatable bonds is 5. The Bertz CT molecular complexity index is 746. The van der Waals surface area contributed by atoms with Gasteiger partial charge in [0.2, 0.25) is 0 Å². The van der Waals surface area contributed by atoms with Crippen LogP contribution >= 0.6 is 11.3 Å². The van der Waals surface area contributed by atoms with Crippen molar-refractivity contribution in [2.75, 3.05) is 11.9 Å². The van der Waals surface area contributed by atoms with Gasteiger partial charge < -0.3 is 15.6 Å².